The summed E-state index contributed by atoms with van der Waals surface area (Å²) in [5, 5.41) is 2.76. The number of carbonyl (C=O) groups is 2. The van der Waals surface area contributed by atoms with Gasteiger partial charge in [-0.1, -0.05) is 105 Å². The summed E-state index contributed by atoms with van der Waals surface area (Å²) >= 11 is 0. The smallest absolute Gasteiger partial charge is 0.250 e. The van der Waals surface area contributed by atoms with Crippen molar-refractivity contribution in [1.29, 1.82) is 0 Å². The molecule has 232 valence electrons. The Hall–Kier alpha value is -1.75. The number of benzene rings is 1. The average molecular weight is 581 g/mol. The van der Waals surface area contributed by atoms with E-state index in [1.807, 2.05) is 41.5 Å². The number of amides is 1. The largest absolute Gasteiger partial charge is 0.353 e. The molecule has 0 saturated carbocycles. The molecule has 0 aliphatic rings. The number of Topliss-reactive ketones (excluding diaryl/α,β-unsaturated/α-hetero) is 1. The van der Waals surface area contributed by atoms with Crippen LogP contribution in [0.4, 0.5) is 0 Å². The maximum Gasteiger partial charge on any atom is 0.250 e. The van der Waals surface area contributed by atoms with Crippen LogP contribution in [0.25, 0.3) is 0 Å². The van der Waals surface area contributed by atoms with Crippen molar-refractivity contribution < 1.29 is 18.7 Å². The summed E-state index contributed by atoms with van der Waals surface area (Å²) in [4.78, 5) is 24.3. The van der Waals surface area contributed by atoms with Crippen LogP contribution in [0.3, 0.4) is 0 Å². The minimum atomic E-state index is -2.79. The van der Waals surface area contributed by atoms with Gasteiger partial charge in [0, 0.05) is 38.1 Å². The first-order chi connectivity index (χ1) is 17.8. The lowest BCUT2D eigenvalue weighted by Crippen LogP contribution is -2.45. The summed E-state index contributed by atoms with van der Waals surface area (Å²) in [7, 11) is -2.79. The molecule has 0 spiro atoms. The Morgan fingerprint density at radius 2 is 1.55 bits per heavy atom. The number of allylic oxidation sites excluding steroid dienone is 1. The van der Waals surface area contributed by atoms with Gasteiger partial charge in [0.05, 0.1) is 0 Å². The normalized spacial score (nSPS) is 13.4. The van der Waals surface area contributed by atoms with E-state index in [2.05, 4.69) is 63.0 Å². The molecule has 1 rings (SSSR count). The summed E-state index contributed by atoms with van der Waals surface area (Å²) in [6.45, 7) is 26.2. The number of hydrogen-bond donors (Lipinski definition) is 2. The van der Waals surface area contributed by atoms with Gasteiger partial charge < -0.3 is 16.0 Å². The number of rotatable bonds is 15. The van der Waals surface area contributed by atoms with Crippen LogP contribution in [0, 0.1) is 22.7 Å². The van der Waals surface area contributed by atoms with E-state index in [0.717, 1.165) is 6.42 Å². The predicted molar refractivity (Wildman–Crippen MR) is 173 cm³/mol. The molecule has 1 amide bonds. The minimum Gasteiger partial charge on any atom is -0.353 e. The van der Waals surface area contributed by atoms with E-state index in [4.69, 9.17) is 4.52 Å². The summed E-state index contributed by atoms with van der Waals surface area (Å²) in [5.41, 5.74) is 2.37. The third-order valence-electron chi connectivity index (χ3n) is 7.10. The zero-order valence-electron chi connectivity index (χ0n) is 27.6. The fourth-order valence-corrected chi connectivity index (χ4v) is 4.83. The fourth-order valence-electron chi connectivity index (χ4n) is 3.95. The highest BCUT2D eigenvalue weighted by Gasteiger charge is 2.37. The molecule has 0 fully saturated rings. The van der Waals surface area contributed by atoms with Crippen LogP contribution in [0.2, 0.25) is 0 Å². The van der Waals surface area contributed by atoms with Gasteiger partial charge in [0.25, 0.3) is 0 Å². The molecule has 0 aromatic heterocycles. The van der Waals surface area contributed by atoms with E-state index in [9.17, 15) is 14.2 Å². The predicted octanol–water partition coefficient (Wildman–Crippen LogP) is 8.88. The lowest BCUT2D eigenvalue weighted by molar-refractivity contribution is -0.133. The third-order valence-corrected chi connectivity index (χ3v) is 7.82. The second-order valence-electron chi connectivity index (χ2n) is 13.4. The highest BCUT2D eigenvalue weighted by molar-refractivity contribution is 7.57. The van der Waals surface area contributed by atoms with Crippen molar-refractivity contribution in [3.63, 3.8) is 0 Å². The van der Waals surface area contributed by atoms with Gasteiger partial charge in [-0.25, -0.2) is 0 Å². The molecule has 0 aliphatic carbocycles. The van der Waals surface area contributed by atoms with Crippen molar-refractivity contribution in [1.82, 2.24) is 11.5 Å². The topological polar surface area (TPSA) is 107 Å². The molecular weight excluding hydrogens is 519 g/mol. The van der Waals surface area contributed by atoms with Crippen LogP contribution in [0.5, 0.6) is 0 Å². The number of nitrogens with one attached hydrogen (secondary N) is 1. The third kappa shape index (κ3) is 18.6. The SMILES string of the molecule is C=C(CCCc1ccccc1)[C@@H](C)C(C)C.CCC(C)(C)[C@@H](OP(C)(C)=O)C(=O)NCCC(=O)CC(C)(C)C.N. The molecule has 40 heavy (non-hydrogen) atoms. The van der Waals surface area contributed by atoms with E-state index < -0.39 is 18.9 Å². The second kappa shape index (κ2) is 18.6. The Bertz CT molecular complexity index is 930. The molecule has 4 N–H and O–H groups in total. The molecule has 7 heteroatoms. The fraction of sp³-hybridized carbons (Fsp3) is 0.697. The van der Waals surface area contributed by atoms with Crippen molar-refractivity contribution in [3.05, 3.63) is 48.0 Å². The van der Waals surface area contributed by atoms with E-state index in [1.54, 1.807) is 0 Å². The lowest BCUT2D eigenvalue weighted by atomic mass is 9.83. The maximum atomic E-state index is 12.4. The summed E-state index contributed by atoms with van der Waals surface area (Å²) in [6, 6.07) is 10.7. The van der Waals surface area contributed by atoms with E-state index in [0.29, 0.717) is 31.1 Å². The first-order valence-corrected chi connectivity index (χ1v) is 17.1. The van der Waals surface area contributed by atoms with Crippen molar-refractivity contribution in [2.45, 2.75) is 107 Å². The zero-order chi connectivity index (χ0) is 30.4. The van der Waals surface area contributed by atoms with Crippen molar-refractivity contribution >= 4 is 19.1 Å². The quantitative estimate of drug-likeness (QED) is 0.159. The Kier molecular flexibility index (Phi) is 18.8. The summed E-state index contributed by atoms with van der Waals surface area (Å²) in [5.74, 6) is 1.19. The number of ketones is 1. The van der Waals surface area contributed by atoms with Crippen LogP contribution >= 0.6 is 7.37 Å². The van der Waals surface area contributed by atoms with Crippen LogP contribution in [0.1, 0.15) is 100.0 Å². The second-order valence-corrected chi connectivity index (χ2v) is 16.1. The Morgan fingerprint density at radius 3 is 2.00 bits per heavy atom. The van der Waals surface area contributed by atoms with Gasteiger partial charge in [-0.3, -0.25) is 14.2 Å². The van der Waals surface area contributed by atoms with Crippen LogP contribution in [0.15, 0.2) is 42.5 Å². The van der Waals surface area contributed by atoms with Crippen molar-refractivity contribution in [2.24, 2.45) is 22.7 Å². The van der Waals surface area contributed by atoms with Crippen LogP contribution in [-0.4, -0.2) is 37.7 Å². The van der Waals surface area contributed by atoms with Gasteiger partial charge in [0.2, 0.25) is 5.91 Å². The molecule has 2 atom stereocenters. The standard InChI is InChI=1S/C17H34NO4P.C16H24.H3N/c1-9-17(5,6)14(22-23(7,8)21)15(20)18-11-10-13(19)12-16(2,3)4;1-13(2)15(4)14(3)9-8-12-16-10-6-5-7-11-16;/h14H,9-12H2,1-8H3,(H,18,20);5-7,10-11,13,15H,3,8-9,12H2,1-2,4H3;1H3/t14-;15-;/m00./s1. The Balaban J connectivity index is 0. The first kappa shape index (κ1) is 40.4. The van der Waals surface area contributed by atoms with Gasteiger partial charge in [0.15, 0.2) is 7.37 Å². The molecule has 1 aromatic carbocycles. The lowest BCUT2D eigenvalue weighted by Gasteiger charge is -2.33. The molecule has 0 aliphatic heterocycles. The molecule has 6 nitrogen and oxygen atoms in total. The number of carbonyl (C=O) groups excluding carboxylic acids is 2. The monoisotopic (exact) mass is 580 g/mol. The number of hydrogen-bond acceptors (Lipinski definition) is 5. The van der Waals surface area contributed by atoms with E-state index in [-0.39, 0.29) is 29.8 Å². The molecular formula is C33H61N2O4P. The highest BCUT2D eigenvalue weighted by Crippen LogP contribution is 2.43. The van der Waals surface area contributed by atoms with Gasteiger partial charge in [-0.2, -0.15) is 0 Å². The first-order valence-electron chi connectivity index (χ1n) is 14.5. The maximum absolute atomic E-state index is 12.4. The van der Waals surface area contributed by atoms with Gasteiger partial charge in [0.1, 0.15) is 11.9 Å². The summed E-state index contributed by atoms with van der Waals surface area (Å²) < 4.78 is 17.5. The Morgan fingerprint density at radius 1 is 1.00 bits per heavy atom. The molecule has 1 aromatic rings. The Labute approximate surface area is 246 Å². The molecule has 0 saturated heterocycles. The number of aryl methyl sites for hydroxylation is 1. The minimum absolute atomic E-state index is 0. The zero-order valence-corrected chi connectivity index (χ0v) is 28.5. The van der Waals surface area contributed by atoms with Crippen LogP contribution < -0.4 is 11.5 Å². The molecule has 0 heterocycles. The molecule has 0 radical (unpaired) electrons. The highest BCUT2D eigenvalue weighted by atomic mass is 31.2. The van der Waals surface area contributed by atoms with E-state index in [1.165, 1.54) is 37.3 Å². The van der Waals surface area contributed by atoms with Gasteiger partial charge in [-0.05, 0) is 48.5 Å². The molecule has 0 unspecified atom stereocenters. The average Bonchev–Trinajstić information content (AvgIpc) is 2.81. The van der Waals surface area contributed by atoms with E-state index >= 15 is 0 Å². The van der Waals surface area contributed by atoms with Gasteiger partial charge in [-0.15, -0.1) is 0 Å². The summed E-state index contributed by atoms with van der Waals surface area (Å²) in [6.07, 6.45) is 4.28. The van der Waals surface area contributed by atoms with Crippen molar-refractivity contribution in [2.75, 3.05) is 19.9 Å². The van der Waals surface area contributed by atoms with Gasteiger partial charge >= 0.3 is 0 Å². The van der Waals surface area contributed by atoms with Crippen molar-refractivity contribution in [3.8, 4) is 0 Å². The molecule has 0 bridgehead atoms. The van der Waals surface area contributed by atoms with Crippen LogP contribution in [-0.2, 0) is 25.1 Å².